The maximum atomic E-state index is 13.7. The normalized spacial score (nSPS) is 15.4. The lowest BCUT2D eigenvalue weighted by molar-refractivity contribution is 0.0714. The van der Waals surface area contributed by atoms with Gasteiger partial charge >= 0.3 is 0 Å². The number of halogens is 1. The van der Waals surface area contributed by atoms with Crippen molar-refractivity contribution in [1.29, 1.82) is 0 Å². The second-order valence-corrected chi connectivity index (χ2v) is 8.87. The second kappa shape index (κ2) is 7.64. The lowest BCUT2D eigenvalue weighted by Gasteiger charge is -2.25. The molecule has 2 heterocycles. The van der Waals surface area contributed by atoms with Crippen LogP contribution in [0.25, 0.3) is 11.0 Å². The molecular formula is C27H22ClNO3. The molecule has 1 atom stereocenters. The van der Waals surface area contributed by atoms with Crippen molar-refractivity contribution in [2.75, 3.05) is 0 Å². The van der Waals surface area contributed by atoms with Crippen LogP contribution in [-0.2, 0) is 6.54 Å². The third-order valence-electron chi connectivity index (χ3n) is 6.10. The first kappa shape index (κ1) is 20.5. The van der Waals surface area contributed by atoms with Crippen LogP contribution in [0.3, 0.4) is 0 Å². The summed E-state index contributed by atoms with van der Waals surface area (Å²) in [6.07, 6.45) is 0. The van der Waals surface area contributed by atoms with Crippen molar-refractivity contribution in [3.63, 3.8) is 0 Å². The smallest absolute Gasteiger partial charge is 0.291 e. The Hall–Kier alpha value is -3.37. The molecule has 1 aromatic heterocycles. The Morgan fingerprint density at radius 2 is 1.66 bits per heavy atom. The lowest BCUT2D eigenvalue weighted by atomic mass is 9.96. The molecule has 0 fully saturated rings. The van der Waals surface area contributed by atoms with E-state index in [0.717, 1.165) is 27.8 Å². The fraction of sp³-hybridized carbons (Fsp3) is 0.185. The van der Waals surface area contributed by atoms with Gasteiger partial charge in [0.2, 0.25) is 5.76 Å². The van der Waals surface area contributed by atoms with Crippen molar-refractivity contribution in [2.24, 2.45) is 0 Å². The van der Waals surface area contributed by atoms with Crippen LogP contribution in [0.15, 0.2) is 69.9 Å². The highest BCUT2D eigenvalue weighted by Gasteiger charge is 2.43. The van der Waals surface area contributed by atoms with Crippen molar-refractivity contribution in [3.8, 4) is 0 Å². The third-order valence-corrected chi connectivity index (χ3v) is 6.47. The number of fused-ring (bicyclic) bond motifs is 2. The van der Waals surface area contributed by atoms with E-state index in [4.69, 9.17) is 16.0 Å². The van der Waals surface area contributed by atoms with Crippen molar-refractivity contribution in [1.82, 2.24) is 4.90 Å². The molecule has 0 saturated carbocycles. The molecule has 0 radical (unpaired) electrons. The summed E-state index contributed by atoms with van der Waals surface area (Å²) in [7, 11) is 0. The molecule has 1 amide bonds. The zero-order valence-electron chi connectivity index (χ0n) is 18.1. The predicted molar refractivity (Wildman–Crippen MR) is 126 cm³/mol. The Balaban J connectivity index is 1.76. The molecular weight excluding hydrogens is 422 g/mol. The summed E-state index contributed by atoms with van der Waals surface area (Å²) in [5.74, 6) is -0.186. The van der Waals surface area contributed by atoms with Crippen LogP contribution in [0, 0.1) is 20.8 Å². The van der Waals surface area contributed by atoms with Gasteiger partial charge in [-0.2, -0.15) is 0 Å². The van der Waals surface area contributed by atoms with Gasteiger partial charge in [-0.25, -0.2) is 0 Å². The minimum atomic E-state index is -0.546. The van der Waals surface area contributed by atoms with Crippen molar-refractivity contribution < 1.29 is 9.21 Å². The summed E-state index contributed by atoms with van der Waals surface area (Å²) in [5.41, 5.74) is 5.30. The van der Waals surface area contributed by atoms with Gasteiger partial charge in [0.15, 0.2) is 5.43 Å². The maximum Gasteiger partial charge on any atom is 0.291 e. The van der Waals surface area contributed by atoms with Gasteiger partial charge in [0.25, 0.3) is 5.91 Å². The first-order chi connectivity index (χ1) is 15.3. The van der Waals surface area contributed by atoms with Crippen LogP contribution in [-0.4, -0.2) is 10.8 Å². The van der Waals surface area contributed by atoms with Gasteiger partial charge in [-0.3, -0.25) is 9.59 Å². The van der Waals surface area contributed by atoms with Gasteiger partial charge in [0, 0.05) is 11.6 Å². The van der Waals surface area contributed by atoms with Crippen LogP contribution in [0.2, 0.25) is 5.02 Å². The topological polar surface area (TPSA) is 50.5 Å². The Bertz CT molecular complexity index is 1440. The molecule has 3 aromatic carbocycles. The molecule has 1 unspecified atom stereocenters. The zero-order valence-corrected chi connectivity index (χ0v) is 18.9. The fourth-order valence-electron chi connectivity index (χ4n) is 4.58. The number of benzene rings is 3. The zero-order chi connectivity index (χ0) is 22.6. The molecule has 0 saturated heterocycles. The highest BCUT2D eigenvalue weighted by Crippen LogP contribution is 2.40. The van der Waals surface area contributed by atoms with E-state index in [0.29, 0.717) is 21.6 Å². The van der Waals surface area contributed by atoms with E-state index < -0.39 is 6.04 Å². The van der Waals surface area contributed by atoms with E-state index in [1.54, 1.807) is 11.0 Å². The summed E-state index contributed by atoms with van der Waals surface area (Å²) in [4.78, 5) is 29.0. The van der Waals surface area contributed by atoms with E-state index >= 15 is 0 Å². The van der Waals surface area contributed by atoms with E-state index in [-0.39, 0.29) is 23.6 Å². The highest BCUT2D eigenvalue weighted by atomic mass is 35.5. The van der Waals surface area contributed by atoms with Crippen LogP contribution < -0.4 is 5.43 Å². The van der Waals surface area contributed by atoms with Crippen molar-refractivity contribution in [3.05, 3.63) is 115 Å². The number of hydrogen-bond donors (Lipinski definition) is 0. The van der Waals surface area contributed by atoms with Crippen LogP contribution >= 0.6 is 11.6 Å². The molecule has 0 bridgehead atoms. The second-order valence-electron chi connectivity index (χ2n) is 8.47. The largest absolute Gasteiger partial charge is 0.450 e. The van der Waals surface area contributed by atoms with Gasteiger partial charge in [-0.1, -0.05) is 65.7 Å². The minimum absolute atomic E-state index is 0.116. The fourth-order valence-corrected chi connectivity index (χ4v) is 4.78. The molecule has 1 aliphatic rings. The predicted octanol–water partition coefficient (Wildman–Crippen LogP) is 6.12. The molecule has 4 aromatic rings. The van der Waals surface area contributed by atoms with E-state index in [2.05, 4.69) is 0 Å². The molecule has 32 heavy (non-hydrogen) atoms. The minimum Gasteiger partial charge on any atom is -0.450 e. The van der Waals surface area contributed by atoms with Gasteiger partial charge in [-0.15, -0.1) is 0 Å². The van der Waals surface area contributed by atoms with Crippen molar-refractivity contribution in [2.45, 2.75) is 33.4 Å². The van der Waals surface area contributed by atoms with Gasteiger partial charge < -0.3 is 9.32 Å². The maximum absolute atomic E-state index is 13.7. The molecule has 5 rings (SSSR count). The van der Waals surface area contributed by atoms with Crippen molar-refractivity contribution >= 4 is 28.5 Å². The summed E-state index contributed by atoms with van der Waals surface area (Å²) in [6, 6.07) is 18.6. The number of rotatable bonds is 3. The van der Waals surface area contributed by atoms with E-state index in [1.165, 1.54) is 0 Å². The standard InChI is InChI=1S/C27H22ClNO3/c1-15-8-10-18(11-9-15)24-23-25(30)22-17(3)12-16(2)13-21(22)32-26(23)27(31)29(24)14-19-6-4-5-7-20(19)28/h4-13,24H,14H2,1-3H3. The number of nitrogens with zero attached hydrogens (tertiary/aromatic N) is 1. The Kier molecular flexibility index (Phi) is 4.90. The van der Waals surface area contributed by atoms with E-state index in [9.17, 15) is 9.59 Å². The first-order valence-electron chi connectivity index (χ1n) is 10.5. The first-order valence-corrected chi connectivity index (χ1v) is 10.9. The summed E-state index contributed by atoms with van der Waals surface area (Å²) >= 11 is 6.41. The highest BCUT2D eigenvalue weighted by molar-refractivity contribution is 6.31. The average molecular weight is 444 g/mol. The number of carbonyl (C=O) groups excluding carboxylic acids is 1. The molecule has 0 aliphatic carbocycles. The molecule has 0 spiro atoms. The van der Waals surface area contributed by atoms with E-state index in [1.807, 2.05) is 75.4 Å². The SMILES string of the molecule is Cc1ccc(C2c3c(oc4cc(C)cc(C)c4c3=O)C(=O)N2Cc2ccccc2Cl)cc1. The van der Waals surface area contributed by atoms with Crippen LogP contribution in [0.4, 0.5) is 0 Å². The number of hydrogen-bond acceptors (Lipinski definition) is 3. The quantitative estimate of drug-likeness (QED) is 0.383. The summed E-state index contributed by atoms with van der Waals surface area (Å²) in [6.45, 7) is 6.12. The Morgan fingerprint density at radius 1 is 0.938 bits per heavy atom. The monoisotopic (exact) mass is 443 g/mol. The van der Waals surface area contributed by atoms with Gasteiger partial charge in [-0.05, 0) is 55.2 Å². The summed E-state index contributed by atoms with van der Waals surface area (Å²) < 4.78 is 6.11. The average Bonchev–Trinajstić information content (AvgIpc) is 3.02. The van der Waals surface area contributed by atoms with Gasteiger partial charge in [0.1, 0.15) is 5.58 Å². The number of aryl methyl sites for hydroxylation is 3. The Labute approximate surface area is 191 Å². The lowest BCUT2D eigenvalue weighted by Crippen LogP contribution is -2.29. The third kappa shape index (κ3) is 3.23. The molecule has 0 N–H and O–H groups in total. The number of carbonyl (C=O) groups is 1. The Morgan fingerprint density at radius 3 is 2.38 bits per heavy atom. The van der Waals surface area contributed by atoms with Crippen LogP contribution in [0.1, 0.15) is 50.0 Å². The number of amides is 1. The molecule has 4 nitrogen and oxygen atoms in total. The van der Waals surface area contributed by atoms with Gasteiger partial charge in [0.05, 0.1) is 17.0 Å². The molecule has 5 heteroatoms. The summed E-state index contributed by atoms with van der Waals surface area (Å²) in [5, 5.41) is 1.11. The van der Waals surface area contributed by atoms with Crippen LogP contribution in [0.5, 0.6) is 0 Å². The molecule has 1 aliphatic heterocycles. The molecule has 160 valence electrons.